The van der Waals surface area contributed by atoms with Gasteiger partial charge in [-0.1, -0.05) is 43.3 Å². The van der Waals surface area contributed by atoms with E-state index >= 15 is 0 Å². The summed E-state index contributed by atoms with van der Waals surface area (Å²) in [6.07, 6.45) is 0.903. The number of hydrogen-bond acceptors (Lipinski definition) is 5. The van der Waals surface area contributed by atoms with Crippen molar-refractivity contribution in [3.63, 3.8) is 0 Å². The standard InChI is InChI=1S/C26H24N2O4/c1-3-16-32-21-14-12-18(13-15-21)23-24(27-19-8-7-11-22(17-19)31-2)26(30)28(25(23)29)20-9-5-4-6-10-20/h4-15,17,27H,3,16H2,1-2H3. The predicted molar refractivity (Wildman–Crippen MR) is 125 cm³/mol. The van der Waals surface area contributed by atoms with Crippen molar-refractivity contribution in [1.29, 1.82) is 0 Å². The maximum Gasteiger partial charge on any atom is 0.282 e. The van der Waals surface area contributed by atoms with Crippen molar-refractivity contribution in [3.8, 4) is 11.5 Å². The van der Waals surface area contributed by atoms with Gasteiger partial charge in [0.25, 0.3) is 11.8 Å². The first-order valence-corrected chi connectivity index (χ1v) is 10.4. The second-order valence-electron chi connectivity index (χ2n) is 7.26. The van der Waals surface area contributed by atoms with Gasteiger partial charge in [-0.25, -0.2) is 4.90 Å². The first kappa shape index (κ1) is 21.2. The molecule has 162 valence electrons. The molecule has 0 saturated carbocycles. The highest BCUT2D eigenvalue weighted by atomic mass is 16.5. The highest BCUT2D eigenvalue weighted by Gasteiger charge is 2.40. The summed E-state index contributed by atoms with van der Waals surface area (Å²) in [7, 11) is 1.58. The van der Waals surface area contributed by atoms with Crippen LogP contribution in [-0.2, 0) is 9.59 Å². The molecule has 1 heterocycles. The van der Waals surface area contributed by atoms with Gasteiger partial charge in [-0.15, -0.1) is 0 Å². The Morgan fingerprint density at radius 2 is 1.59 bits per heavy atom. The monoisotopic (exact) mass is 428 g/mol. The number of nitrogens with zero attached hydrogens (tertiary/aromatic N) is 1. The molecular weight excluding hydrogens is 404 g/mol. The predicted octanol–water partition coefficient (Wildman–Crippen LogP) is 4.88. The van der Waals surface area contributed by atoms with Crippen LogP contribution in [0, 0.1) is 0 Å². The Balaban J connectivity index is 1.75. The number of amides is 2. The van der Waals surface area contributed by atoms with Crippen LogP contribution in [-0.4, -0.2) is 25.5 Å². The molecule has 1 N–H and O–H groups in total. The third kappa shape index (κ3) is 4.21. The molecule has 1 aliphatic heterocycles. The minimum atomic E-state index is -0.412. The van der Waals surface area contributed by atoms with Crippen LogP contribution in [0.3, 0.4) is 0 Å². The third-order valence-electron chi connectivity index (χ3n) is 5.05. The molecule has 0 spiro atoms. The highest BCUT2D eigenvalue weighted by molar-refractivity contribution is 6.46. The number of anilines is 2. The fourth-order valence-electron chi connectivity index (χ4n) is 3.51. The summed E-state index contributed by atoms with van der Waals surface area (Å²) in [6.45, 7) is 2.65. The van der Waals surface area contributed by atoms with Crippen LogP contribution in [0.5, 0.6) is 11.5 Å². The molecule has 0 unspecified atom stereocenters. The summed E-state index contributed by atoms with van der Waals surface area (Å²) in [5.74, 6) is 0.570. The van der Waals surface area contributed by atoms with Crippen molar-refractivity contribution in [2.24, 2.45) is 0 Å². The number of methoxy groups -OCH3 is 1. The Labute approximate surface area is 187 Å². The molecule has 2 amide bonds. The van der Waals surface area contributed by atoms with Gasteiger partial charge in [0.05, 0.1) is 25.0 Å². The maximum absolute atomic E-state index is 13.4. The van der Waals surface area contributed by atoms with Crippen LogP contribution in [0.15, 0.2) is 84.6 Å². The van der Waals surface area contributed by atoms with Gasteiger partial charge in [0, 0.05) is 11.8 Å². The lowest BCUT2D eigenvalue weighted by molar-refractivity contribution is -0.120. The van der Waals surface area contributed by atoms with E-state index in [2.05, 4.69) is 5.32 Å². The van der Waals surface area contributed by atoms with E-state index in [9.17, 15) is 9.59 Å². The number of para-hydroxylation sites is 1. The summed E-state index contributed by atoms with van der Waals surface area (Å²) >= 11 is 0. The lowest BCUT2D eigenvalue weighted by atomic mass is 10.0. The van der Waals surface area contributed by atoms with Crippen LogP contribution in [0.1, 0.15) is 18.9 Å². The van der Waals surface area contributed by atoms with E-state index in [1.165, 1.54) is 4.90 Å². The van der Waals surface area contributed by atoms with Crippen LogP contribution in [0.2, 0.25) is 0 Å². The number of rotatable bonds is 8. The third-order valence-corrected chi connectivity index (χ3v) is 5.05. The summed E-state index contributed by atoms with van der Waals surface area (Å²) in [6, 6.07) is 23.3. The smallest absolute Gasteiger partial charge is 0.282 e. The molecule has 0 atom stereocenters. The topological polar surface area (TPSA) is 67.9 Å². The number of carbonyl (C=O) groups excluding carboxylic acids is 2. The molecule has 0 saturated heterocycles. The first-order valence-electron chi connectivity index (χ1n) is 10.4. The lowest BCUT2D eigenvalue weighted by Crippen LogP contribution is -2.32. The second-order valence-corrected chi connectivity index (χ2v) is 7.26. The number of hydrogen-bond donors (Lipinski definition) is 1. The van der Waals surface area contributed by atoms with Crippen molar-refractivity contribution in [1.82, 2.24) is 0 Å². The molecule has 0 fully saturated rings. The van der Waals surface area contributed by atoms with Crippen LogP contribution in [0.25, 0.3) is 5.57 Å². The van der Waals surface area contributed by atoms with E-state index in [1.54, 1.807) is 49.6 Å². The highest BCUT2D eigenvalue weighted by Crippen LogP contribution is 2.34. The van der Waals surface area contributed by atoms with E-state index in [0.29, 0.717) is 34.9 Å². The fourth-order valence-corrected chi connectivity index (χ4v) is 3.51. The normalized spacial score (nSPS) is 13.5. The minimum Gasteiger partial charge on any atom is -0.497 e. The second kappa shape index (κ2) is 9.39. The van der Waals surface area contributed by atoms with E-state index in [0.717, 1.165) is 12.2 Å². The average molecular weight is 428 g/mol. The molecule has 6 heteroatoms. The Morgan fingerprint density at radius 3 is 2.28 bits per heavy atom. The average Bonchev–Trinajstić information content (AvgIpc) is 3.07. The van der Waals surface area contributed by atoms with E-state index in [-0.39, 0.29) is 11.6 Å². The number of carbonyl (C=O) groups is 2. The summed E-state index contributed by atoms with van der Waals surface area (Å²) in [5.41, 5.74) is 2.33. The minimum absolute atomic E-state index is 0.217. The number of nitrogens with one attached hydrogen (secondary N) is 1. The summed E-state index contributed by atoms with van der Waals surface area (Å²) < 4.78 is 10.9. The van der Waals surface area contributed by atoms with Gasteiger partial charge >= 0.3 is 0 Å². The Kier molecular flexibility index (Phi) is 6.22. The van der Waals surface area contributed by atoms with Crippen LogP contribution >= 0.6 is 0 Å². The number of benzene rings is 3. The molecule has 6 nitrogen and oxygen atoms in total. The first-order chi connectivity index (χ1) is 15.6. The van der Waals surface area contributed by atoms with Crippen LogP contribution in [0.4, 0.5) is 11.4 Å². The van der Waals surface area contributed by atoms with Crippen LogP contribution < -0.4 is 19.7 Å². The summed E-state index contributed by atoms with van der Waals surface area (Å²) in [5, 5.41) is 3.15. The van der Waals surface area contributed by atoms with Gasteiger partial charge in [-0.05, 0) is 48.4 Å². The molecular formula is C26H24N2O4. The van der Waals surface area contributed by atoms with Gasteiger partial charge in [0.2, 0.25) is 0 Å². The Morgan fingerprint density at radius 1 is 0.844 bits per heavy atom. The van der Waals surface area contributed by atoms with Crippen molar-refractivity contribution < 1.29 is 19.1 Å². The molecule has 0 bridgehead atoms. The zero-order valence-electron chi connectivity index (χ0n) is 18.0. The molecule has 32 heavy (non-hydrogen) atoms. The lowest BCUT2D eigenvalue weighted by Gasteiger charge is -2.15. The van der Waals surface area contributed by atoms with Gasteiger partial charge in [-0.3, -0.25) is 9.59 Å². The largest absolute Gasteiger partial charge is 0.497 e. The SMILES string of the molecule is CCCOc1ccc(C2=C(Nc3cccc(OC)c3)C(=O)N(c3ccccc3)C2=O)cc1. The quantitative estimate of drug-likeness (QED) is 0.518. The van der Waals surface area contributed by atoms with E-state index in [4.69, 9.17) is 9.47 Å². The molecule has 1 aliphatic rings. The zero-order chi connectivity index (χ0) is 22.5. The van der Waals surface area contributed by atoms with E-state index < -0.39 is 5.91 Å². The number of imide groups is 1. The van der Waals surface area contributed by atoms with Crippen molar-refractivity contribution in [2.45, 2.75) is 13.3 Å². The molecule has 4 rings (SSSR count). The van der Waals surface area contributed by atoms with Gasteiger partial charge < -0.3 is 14.8 Å². The van der Waals surface area contributed by atoms with Gasteiger partial charge in [0.15, 0.2) is 0 Å². The van der Waals surface area contributed by atoms with E-state index in [1.807, 2.05) is 43.3 Å². The number of ether oxygens (including phenoxy) is 2. The van der Waals surface area contributed by atoms with Gasteiger partial charge in [0.1, 0.15) is 17.2 Å². The molecule has 3 aromatic rings. The Bertz CT molecular complexity index is 1150. The van der Waals surface area contributed by atoms with Gasteiger partial charge in [-0.2, -0.15) is 0 Å². The Hall–Kier alpha value is -4.06. The summed E-state index contributed by atoms with van der Waals surface area (Å²) in [4.78, 5) is 28.0. The molecule has 0 aromatic heterocycles. The molecule has 0 aliphatic carbocycles. The zero-order valence-corrected chi connectivity index (χ0v) is 18.0. The van der Waals surface area contributed by atoms with Crippen molar-refractivity contribution in [3.05, 3.63) is 90.1 Å². The fraction of sp³-hybridized carbons (Fsp3) is 0.154. The maximum atomic E-state index is 13.4. The van der Waals surface area contributed by atoms with Crippen molar-refractivity contribution in [2.75, 3.05) is 23.9 Å². The molecule has 0 radical (unpaired) electrons. The molecule has 3 aromatic carbocycles. The van der Waals surface area contributed by atoms with Crippen molar-refractivity contribution >= 4 is 28.8 Å².